The van der Waals surface area contributed by atoms with Gasteiger partial charge in [0.25, 0.3) is 0 Å². The van der Waals surface area contributed by atoms with Gasteiger partial charge in [-0.3, -0.25) is 0 Å². The van der Waals surface area contributed by atoms with Gasteiger partial charge in [0.15, 0.2) is 0 Å². The Hall–Kier alpha value is 0.750. The van der Waals surface area contributed by atoms with Crippen LogP contribution in [0.4, 0.5) is 13.2 Å². The maximum absolute atomic E-state index is 10.4. The Morgan fingerprint density at radius 3 is 1.25 bits per heavy atom. The van der Waals surface area contributed by atoms with E-state index < -0.39 is 6.18 Å². The molecule has 0 bridgehead atoms. The quantitative estimate of drug-likeness (QED) is 0.584. The molecule has 0 saturated heterocycles. The van der Waals surface area contributed by atoms with Crippen LogP contribution in [0, 0.1) is 0 Å². The number of alkyl halides is 5. The first-order valence-corrected chi connectivity index (χ1v) is 3.84. The van der Waals surface area contributed by atoms with Crippen molar-refractivity contribution < 1.29 is 13.2 Å². The van der Waals surface area contributed by atoms with Gasteiger partial charge >= 0.3 is 6.18 Å². The zero-order chi connectivity index (χ0) is 7.21. The molecular weight excluding hydrogens is 253 g/mol. The Kier molecular flexibility index (Phi) is 8.48. The van der Waals surface area contributed by atoms with E-state index in [9.17, 15) is 13.2 Å². The van der Waals surface area contributed by atoms with E-state index in [4.69, 9.17) is 0 Å². The molecular formula is C3H5Br2F3. The first-order chi connectivity index (χ1) is 3.41. The molecule has 0 aliphatic rings. The van der Waals surface area contributed by atoms with E-state index in [0.29, 0.717) is 0 Å². The highest BCUT2D eigenvalue weighted by molar-refractivity contribution is 9.24. The number of hydrogen-bond acceptors (Lipinski definition) is 0. The molecule has 0 saturated carbocycles. The van der Waals surface area contributed by atoms with Gasteiger partial charge in [0, 0.05) is 6.92 Å². The standard InChI is InChI=1S/C2H3F3.CH2Br2/c1-2(3,4)5;2-1-3/h1H3;1H2. The van der Waals surface area contributed by atoms with Crippen molar-refractivity contribution in [2.24, 2.45) is 0 Å². The Labute approximate surface area is 62.7 Å². The van der Waals surface area contributed by atoms with Gasteiger partial charge in [-0.2, -0.15) is 13.2 Å². The Balaban J connectivity index is 0. The van der Waals surface area contributed by atoms with Crippen LogP contribution in [0.15, 0.2) is 0 Å². The first-order valence-electron chi connectivity index (χ1n) is 1.60. The second kappa shape index (κ2) is 5.88. The van der Waals surface area contributed by atoms with E-state index in [0.717, 1.165) is 4.24 Å². The van der Waals surface area contributed by atoms with Gasteiger partial charge in [-0.1, -0.05) is 31.9 Å². The molecule has 0 aromatic heterocycles. The van der Waals surface area contributed by atoms with Crippen LogP contribution in [0.5, 0.6) is 0 Å². The van der Waals surface area contributed by atoms with Crippen molar-refractivity contribution >= 4 is 31.9 Å². The highest BCUT2D eigenvalue weighted by Gasteiger charge is 2.15. The third-order valence-corrected chi connectivity index (χ3v) is 0. The summed E-state index contributed by atoms with van der Waals surface area (Å²) in [5.74, 6) is 0. The van der Waals surface area contributed by atoms with E-state index in [1.165, 1.54) is 0 Å². The van der Waals surface area contributed by atoms with Gasteiger partial charge in [0.2, 0.25) is 0 Å². The van der Waals surface area contributed by atoms with Crippen molar-refractivity contribution in [3.8, 4) is 0 Å². The molecule has 0 atom stereocenters. The minimum Gasteiger partial charge on any atom is -0.172 e. The molecule has 0 heterocycles. The minimum absolute atomic E-state index is 0.188. The third-order valence-electron chi connectivity index (χ3n) is 0. The van der Waals surface area contributed by atoms with Crippen molar-refractivity contribution in [2.45, 2.75) is 13.1 Å². The summed E-state index contributed by atoms with van der Waals surface area (Å²) < 4.78 is 31.9. The molecule has 0 aromatic rings. The van der Waals surface area contributed by atoms with Crippen molar-refractivity contribution in [3.05, 3.63) is 0 Å². The maximum Gasteiger partial charge on any atom is 0.386 e. The Morgan fingerprint density at radius 1 is 1.25 bits per heavy atom. The summed E-state index contributed by atoms with van der Waals surface area (Å²) in [4.78, 5) is 0. The summed E-state index contributed by atoms with van der Waals surface area (Å²) in [7, 11) is 0. The van der Waals surface area contributed by atoms with Gasteiger partial charge in [0.1, 0.15) is 0 Å². The zero-order valence-electron chi connectivity index (χ0n) is 4.10. The predicted octanol–water partition coefficient (Wildman–Crippen LogP) is 3.30. The molecule has 0 N–H and O–H groups in total. The van der Waals surface area contributed by atoms with Gasteiger partial charge in [-0.05, 0) is 0 Å². The van der Waals surface area contributed by atoms with Gasteiger partial charge in [-0.25, -0.2) is 0 Å². The Morgan fingerprint density at radius 2 is 1.25 bits per heavy atom. The lowest BCUT2D eigenvalue weighted by Crippen LogP contribution is -1.95. The van der Waals surface area contributed by atoms with Crippen LogP contribution in [0.1, 0.15) is 6.92 Å². The van der Waals surface area contributed by atoms with E-state index in [2.05, 4.69) is 31.9 Å². The molecule has 0 unspecified atom stereocenters. The average Bonchev–Trinajstić information content (AvgIpc) is 1.27. The fourth-order valence-corrected chi connectivity index (χ4v) is 0. The topological polar surface area (TPSA) is 0 Å². The van der Waals surface area contributed by atoms with Crippen LogP contribution in [0.3, 0.4) is 0 Å². The largest absolute Gasteiger partial charge is 0.386 e. The van der Waals surface area contributed by atoms with Crippen LogP contribution >= 0.6 is 31.9 Å². The number of hydrogen-bond donors (Lipinski definition) is 0. The fraction of sp³-hybridized carbons (Fsp3) is 1.00. The summed E-state index contributed by atoms with van der Waals surface area (Å²) in [6.45, 7) is 0.188. The fourth-order valence-electron chi connectivity index (χ4n) is 0. The summed E-state index contributed by atoms with van der Waals surface area (Å²) in [6, 6.07) is 0. The molecule has 0 spiro atoms. The smallest absolute Gasteiger partial charge is 0.172 e. The van der Waals surface area contributed by atoms with Crippen molar-refractivity contribution in [1.82, 2.24) is 0 Å². The molecule has 5 heteroatoms. The molecule has 0 fully saturated rings. The van der Waals surface area contributed by atoms with Gasteiger partial charge in [-0.15, -0.1) is 0 Å². The lowest BCUT2D eigenvalue weighted by molar-refractivity contribution is -0.110. The highest BCUT2D eigenvalue weighted by Crippen LogP contribution is 2.10. The van der Waals surface area contributed by atoms with Crippen LogP contribution in [0.2, 0.25) is 0 Å². The minimum atomic E-state index is -4.00. The van der Waals surface area contributed by atoms with Crippen molar-refractivity contribution in [3.63, 3.8) is 0 Å². The lowest BCUT2D eigenvalue weighted by atomic mass is 10.8. The highest BCUT2D eigenvalue weighted by atomic mass is 79.9. The van der Waals surface area contributed by atoms with Crippen LogP contribution in [-0.2, 0) is 0 Å². The summed E-state index contributed by atoms with van der Waals surface area (Å²) in [5, 5.41) is 0. The average molecular weight is 258 g/mol. The molecule has 0 amide bonds. The monoisotopic (exact) mass is 256 g/mol. The number of halogens is 5. The van der Waals surface area contributed by atoms with E-state index in [1.54, 1.807) is 0 Å². The van der Waals surface area contributed by atoms with Crippen LogP contribution < -0.4 is 0 Å². The Bertz CT molecular complexity index is 36.3. The molecule has 0 aromatic carbocycles. The van der Waals surface area contributed by atoms with E-state index in [1.807, 2.05) is 0 Å². The summed E-state index contributed by atoms with van der Waals surface area (Å²) in [5.41, 5.74) is 0. The van der Waals surface area contributed by atoms with Crippen molar-refractivity contribution in [2.75, 3.05) is 4.24 Å². The zero-order valence-corrected chi connectivity index (χ0v) is 7.27. The second-order valence-corrected chi connectivity index (χ2v) is 3.51. The molecule has 52 valence electrons. The SMILES string of the molecule is BrCBr.CC(F)(F)F. The summed E-state index contributed by atoms with van der Waals surface area (Å²) >= 11 is 6.12. The van der Waals surface area contributed by atoms with E-state index in [-0.39, 0.29) is 6.92 Å². The number of rotatable bonds is 0. The van der Waals surface area contributed by atoms with Crippen LogP contribution in [-0.4, -0.2) is 10.4 Å². The van der Waals surface area contributed by atoms with Crippen molar-refractivity contribution in [1.29, 1.82) is 0 Å². The first kappa shape index (κ1) is 11.5. The van der Waals surface area contributed by atoms with E-state index >= 15 is 0 Å². The predicted molar refractivity (Wildman–Crippen MR) is 34.5 cm³/mol. The lowest BCUT2D eigenvalue weighted by Gasteiger charge is -1.88. The molecule has 0 aliphatic carbocycles. The molecule has 0 radical (unpaired) electrons. The molecule has 0 aliphatic heterocycles. The third kappa shape index (κ3) is 397. The summed E-state index contributed by atoms with van der Waals surface area (Å²) in [6.07, 6.45) is -4.00. The van der Waals surface area contributed by atoms with Gasteiger partial charge in [0.05, 0.1) is 4.24 Å². The second-order valence-electron chi connectivity index (χ2n) is 0.882. The molecule has 0 rings (SSSR count). The molecule has 8 heavy (non-hydrogen) atoms. The van der Waals surface area contributed by atoms with Crippen LogP contribution in [0.25, 0.3) is 0 Å². The van der Waals surface area contributed by atoms with Gasteiger partial charge < -0.3 is 0 Å². The molecule has 0 nitrogen and oxygen atoms in total. The maximum atomic E-state index is 10.4. The normalized spacial score (nSPS) is 9.75.